The van der Waals surface area contributed by atoms with Crippen LogP contribution in [0.15, 0.2) is 22.7 Å². The third kappa shape index (κ3) is 1.35. The largest absolute Gasteiger partial charge is 0.380 e. The zero-order chi connectivity index (χ0) is 10.1. The zero-order valence-electron chi connectivity index (χ0n) is 8.45. The van der Waals surface area contributed by atoms with Gasteiger partial charge in [0.25, 0.3) is 0 Å². The van der Waals surface area contributed by atoms with Crippen molar-refractivity contribution < 1.29 is 4.52 Å². The SMILES string of the molecule is CCC(C)c1ccc2c(N)noc2c1. The first kappa shape index (κ1) is 9.06. The molecule has 0 saturated carbocycles. The first-order chi connectivity index (χ1) is 6.72. The van der Waals surface area contributed by atoms with Gasteiger partial charge in [-0.05, 0) is 30.0 Å². The van der Waals surface area contributed by atoms with E-state index in [1.54, 1.807) is 0 Å². The van der Waals surface area contributed by atoms with Gasteiger partial charge < -0.3 is 10.3 Å². The Morgan fingerprint density at radius 1 is 1.50 bits per heavy atom. The number of fused-ring (bicyclic) bond motifs is 1. The summed E-state index contributed by atoms with van der Waals surface area (Å²) in [6.07, 6.45) is 1.12. The van der Waals surface area contributed by atoms with Crippen LogP contribution < -0.4 is 5.73 Å². The van der Waals surface area contributed by atoms with Gasteiger partial charge in [0.15, 0.2) is 11.4 Å². The van der Waals surface area contributed by atoms with E-state index in [4.69, 9.17) is 10.3 Å². The third-order valence-corrected chi connectivity index (χ3v) is 2.71. The average Bonchev–Trinajstić information content (AvgIpc) is 2.59. The van der Waals surface area contributed by atoms with Crippen LogP contribution in [0.25, 0.3) is 11.0 Å². The van der Waals surface area contributed by atoms with Gasteiger partial charge in [-0.3, -0.25) is 0 Å². The molecule has 1 aromatic carbocycles. The van der Waals surface area contributed by atoms with Gasteiger partial charge in [-0.25, -0.2) is 0 Å². The van der Waals surface area contributed by atoms with Gasteiger partial charge >= 0.3 is 0 Å². The predicted octanol–water partition coefficient (Wildman–Crippen LogP) is 2.92. The summed E-state index contributed by atoms with van der Waals surface area (Å²) in [5.74, 6) is 1.02. The summed E-state index contributed by atoms with van der Waals surface area (Å²) in [7, 11) is 0. The highest BCUT2D eigenvalue weighted by Gasteiger charge is 2.08. The number of rotatable bonds is 2. The first-order valence-electron chi connectivity index (χ1n) is 4.87. The van der Waals surface area contributed by atoms with Gasteiger partial charge in [0, 0.05) is 0 Å². The number of nitrogens with two attached hydrogens (primary N) is 1. The van der Waals surface area contributed by atoms with Crippen LogP contribution in [0.4, 0.5) is 5.82 Å². The fourth-order valence-corrected chi connectivity index (χ4v) is 1.52. The summed E-state index contributed by atoms with van der Waals surface area (Å²) in [5.41, 5.74) is 7.68. The van der Waals surface area contributed by atoms with Crippen molar-refractivity contribution in [2.45, 2.75) is 26.2 Å². The molecule has 0 amide bonds. The van der Waals surface area contributed by atoms with Crippen LogP contribution in [0, 0.1) is 0 Å². The maximum absolute atomic E-state index is 5.63. The van der Waals surface area contributed by atoms with Crippen molar-refractivity contribution in [1.29, 1.82) is 0 Å². The molecule has 3 nitrogen and oxygen atoms in total. The molecular weight excluding hydrogens is 176 g/mol. The fourth-order valence-electron chi connectivity index (χ4n) is 1.52. The summed E-state index contributed by atoms with van der Waals surface area (Å²) in [4.78, 5) is 0. The number of aromatic nitrogens is 1. The zero-order valence-corrected chi connectivity index (χ0v) is 8.45. The molecule has 0 spiro atoms. The van der Waals surface area contributed by atoms with E-state index in [2.05, 4.69) is 25.1 Å². The second-order valence-corrected chi connectivity index (χ2v) is 3.63. The number of hydrogen-bond acceptors (Lipinski definition) is 3. The van der Waals surface area contributed by atoms with Crippen molar-refractivity contribution >= 4 is 16.8 Å². The minimum absolute atomic E-state index is 0.468. The van der Waals surface area contributed by atoms with Gasteiger partial charge in [-0.15, -0.1) is 0 Å². The van der Waals surface area contributed by atoms with Crippen molar-refractivity contribution in [1.82, 2.24) is 5.16 Å². The van der Waals surface area contributed by atoms with Gasteiger partial charge in [0.1, 0.15) is 0 Å². The molecule has 1 unspecified atom stereocenters. The van der Waals surface area contributed by atoms with E-state index in [9.17, 15) is 0 Å². The van der Waals surface area contributed by atoms with Gasteiger partial charge in [0.05, 0.1) is 5.39 Å². The minimum Gasteiger partial charge on any atom is -0.380 e. The number of anilines is 1. The molecule has 0 aliphatic rings. The van der Waals surface area contributed by atoms with Crippen molar-refractivity contribution in [3.8, 4) is 0 Å². The maximum atomic E-state index is 5.63. The lowest BCUT2D eigenvalue weighted by Crippen LogP contribution is -1.90. The topological polar surface area (TPSA) is 52.0 Å². The minimum atomic E-state index is 0.468. The molecule has 0 saturated heterocycles. The smallest absolute Gasteiger partial charge is 0.174 e. The average molecular weight is 190 g/mol. The quantitative estimate of drug-likeness (QED) is 0.792. The van der Waals surface area contributed by atoms with Crippen LogP contribution >= 0.6 is 0 Å². The van der Waals surface area contributed by atoms with Gasteiger partial charge in [-0.1, -0.05) is 25.1 Å². The molecule has 1 heterocycles. The summed E-state index contributed by atoms with van der Waals surface area (Å²) >= 11 is 0. The summed E-state index contributed by atoms with van der Waals surface area (Å²) in [5, 5.41) is 4.62. The molecule has 2 N–H and O–H groups in total. The summed E-state index contributed by atoms with van der Waals surface area (Å²) in [6.45, 7) is 4.37. The van der Waals surface area contributed by atoms with Crippen LogP contribution in [0.2, 0.25) is 0 Å². The number of nitrogen functional groups attached to an aromatic ring is 1. The van der Waals surface area contributed by atoms with E-state index in [1.807, 2.05) is 12.1 Å². The molecular formula is C11H14N2O. The molecule has 0 radical (unpaired) electrons. The Hall–Kier alpha value is -1.51. The second-order valence-electron chi connectivity index (χ2n) is 3.63. The lowest BCUT2D eigenvalue weighted by atomic mass is 9.98. The van der Waals surface area contributed by atoms with Crippen molar-refractivity contribution in [2.24, 2.45) is 0 Å². The van der Waals surface area contributed by atoms with Crippen LogP contribution in [0.1, 0.15) is 31.7 Å². The highest BCUT2D eigenvalue weighted by Crippen LogP contribution is 2.26. The predicted molar refractivity (Wildman–Crippen MR) is 57.1 cm³/mol. The highest BCUT2D eigenvalue weighted by molar-refractivity contribution is 5.87. The molecule has 1 aromatic heterocycles. The fraction of sp³-hybridized carbons (Fsp3) is 0.364. The molecule has 3 heteroatoms. The lowest BCUT2D eigenvalue weighted by molar-refractivity contribution is 0.460. The van der Waals surface area contributed by atoms with E-state index >= 15 is 0 Å². The van der Waals surface area contributed by atoms with E-state index in [-0.39, 0.29) is 0 Å². The Kier molecular flexibility index (Phi) is 2.15. The van der Waals surface area contributed by atoms with Crippen LogP contribution in [-0.4, -0.2) is 5.16 Å². The molecule has 2 aromatic rings. The van der Waals surface area contributed by atoms with E-state index in [0.717, 1.165) is 17.4 Å². The van der Waals surface area contributed by atoms with Crippen molar-refractivity contribution in [2.75, 3.05) is 5.73 Å². The number of benzene rings is 1. The van der Waals surface area contributed by atoms with Crippen LogP contribution in [-0.2, 0) is 0 Å². The van der Waals surface area contributed by atoms with Gasteiger partial charge in [-0.2, -0.15) is 0 Å². The Morgan fingerprint density at radius 3 is 3.00 bits per heavy atom. The normalized spacial score (nSPS) is 13.3. The lowest BCUT2D eigenvalue weighted by Gasteiger charge is -2.07. The maximum Gasteiger partial charge on any atom is 0.174 e. The molecule has 0 aliphatic heterocycles. The second kappa shape index (κ2) is 3.33. The van der Waals surface area contributed by atoms with Crippen molar-refractivity contribution in [3.05, 3.63) is 23.8 Å². The molecule has 2 rings (SSSR count). The molecule has 74 valence electrons. The third-order valence-electron chi connectivity index (χ3n) is 2.71. The Balaban J connectivity index is 2.52. The highest BCUT2D eigenvalue weighted by atomic mass is 16.5. The van der Waals surface area contributed by atoms with Crippen LogP contribution in [0.5, 0.6) is 0 Å². The molecule has 14 heavy (non-hydrogen) atoms. The molecule has 0 bridgehead atoms. The van der Waals surface area contributed by atoms with Crippen LogP contribution in [0.3, 0.4) is 0 Å². The van der Waals surface area contributed by atoms with E-state index in [0.29, 0.717) is 11.7 Å². The Labute approximate surface area is 82.9 Å². The number of nitrogens with zero attached hydrogens (tertiary/aromatic N) is 1. The molecule has 1 atom stereocenters. The van der Waals surface area contributed by atoms with E-state index in [1.165, 1.54) is 5.56 Å². The van der Waals surface area contributed by atoms with E-state index < -0.39 is 0 Å². The summed E-state index contributed by atoms with van der Waals surface area (Å²) < 4.78 is 5.11. The summed E-state index contributed by atoms with van der Waals surface area (Å²) in [6, 6.07) is 6.08. The Morgan fingerprint density at radius 2 is 2.29 bits per heavy atom. The van der Waals surface area contributed by atoms with Gasteiger partial charge in [0.2, 0.25) is 0 Å². The number of hydrogen-bond donors (Lipinski definition) is 1. The monoisotopic (exact) mass is 190 g/mol. The first-order valence-corrected chi connectivity index (χ1v) is 4.87. The Bertz CT molecular complexity index is 447. The molecule has 0 fully saturated rings. The van der Waals surface area contributed by atoms with Crippen molar-refractivity contribution in [3.63, 3.8) is 0 Å². The molecule has 0 aliphatic carbocycles. The standard InChI is InChI=1S/C11H14N2O/c1-3-7(2)8-4-5-9-10(6-8)14-13-11(9)12/h4-7H,3H2,1-2H3,(H2,12,13).